The lowest BCUT2D eigenvalue weighted by molar-refractivity contribution is -0.127. The Morgan fingerprint density at radius 2 is 1.96 bits per heavy atom. The van der Waals surface area contributed by atoms with Gasteiger partial charge in [0.1, 0.15) is 0 Å². The molecule has 1 aliphatic rings. The van der Waals surface area contributed by atoms with E-state index in [2.05, 4.69) is 10.6 Å². The second-order valence-electron chi connectivity index (χ2n) is 5.98. The average molecular weight is 383 g/mol. The van der Waals surface area contributed by atoms with E-state index in [0.717, 1.165) is 11.8 Å². The molecule has 0 radical (unpaired) electrons. The number of carbonyl (C=O) groups is 3. The van der Waals surface area contributed by atoms with E-state index in [-0.39, 0.29) is 24.1 Å². The highest BCUT2D eigenvalue weighted by Gasteiger charge is 2.32. The van der Waals surface area contributed by atoms with E-state index in [9.17, 15) is 22.8 Å². The first-order chi connectivity index (χ1) is 12.1. The molecule has 1 heterocycles. The third-order valence-electron chi connectivity index (χ3n) is 3.88. The van der Waals surface area contributed by atoms with Crippen LogP contribution in [0.3, 0.4) is 0 Å². The molecule has 2 rings (SSSR count). The molecule has 0 saturated carbocycles. The van der Waals surface area contributed by atoms with Crippen LogP contribution in [0.5, 0.6) is 0 Å². The maximum atomic E-state index is 12.1. The molecular weight excluding hydrogens is 362 g/mol. The SMILES string of the molecule is CNC(=O)CNC(=O)COC(=O)c1ccc2c(c1)C[C@@H](C)N2S(C)(=O)=O. The van der Waals surface area contributed by atoms with Crippen molar-refractivity contribution in [1.82, 2.24) is 10.6 Å². The zero-order valence-electron chi connectivity index (χ0n) is 14.7. The number of sulfonamides is 1. The van der Waals surface area contributed by atoms with Crippen LogP contribution in [0.15, 0.2) is 18.2 Å². The van der Waals surface area contributed by atoms with Crippen molar-refractivity contribution in [3.63, 3.8) is 0 Å². The van der Waals surface area contributed by atoms with E-state index in [0.29, 0.717) is 12.1 Å². The van der Waals surface area contributed by atoms with E-state index in [4.69, 9.17) is 4.74 Å². The molecule has 0 aliphatic carbocycles. The summed E-state index contributed by atoms with van der Waals surface area (Å²) in [4.78, 5) is 34.7. The number of nitrogens with zero attached hydrogens (tertiary/aromatic N) is 1. The average Bonchev–Trinajstić information content (AvgIpc) is 2.92. The zero-order chi connectivity index (χ0) is 19.5. The Morgan fingerprint density at radius 3 is 2.58 bits per heavy atom. The predicted molar refractivity (Wildman–Crippen MR) is 94.3 cm³/mol. The first-order valence-corrected chi connectivity index (χ1v) is 9.75. The van der Waals surface area contributed by atoms with Gasteiger partial charge in [-0.3, -0.25) is 13.9 Å². The molecule has 0 aromatic heterocycles. The van der Waals surface area contributed by atoms with Gasteiger partial charge in [0.25, 0.3) is 5.91 Å². The first-order valence-electron chi connectivity index (χ1n) is 7.90. The minimum Gasteiger partial charge on any atom is -0.452 e. The Morgan fingerprint density at radius 1 is 1.27 bits per heavy atom. The van der Waals surface area contributed by atoms with Crippen LogP contribution < -0.4 is 14.9 Å². The van der Waals surface area contributed by atoms with Gasteiger partial charge in [-0.2, -0.15) is 0 Å². The van der Waals surface area contributed by atoms with Gasteiger partial charge in [0.05, 0.1) is 24.1 Å². The molecule has 0 saturated heterocycles. The summed E-state index contributed by atoms with van der Waals surface area (Å²) in [5, 5.41) is 4.65. The molecule has 2 amide bonds. The van der Waals surface area contributed by atoms with Gasteiger partial charge in [0.15, 0.2) is 6.61 Å². The van der Waals surface area contributed by atoms with E-state index in [1.165, 1.54) is 17.4 Å². The molecule has 1 aromatic carbocycles. The molecule has 1 aromatic rings. The van der Waals surface area contributed by atoms with Crippen molar-refractivity contribution < 1.29 is 27.5 Å². The molecule has 0 spiro atoms. The van der Waals surface area contributed by atoms with Crippen molar-refractivity contribution in [2.75, 3.05) is 30.8 Å². The number of esters is 1. The smallest absolute Gasteiger partial charge is 0.338 e. The van der Waals surface area contributed by atoms with Crippen molar-refractivity contribution in [2.45, 2.75) is 19.4 Å². The fraction of sp³-hybridized carbons (Fsp3) is 0.438. The summed E-state index contributed by atoms with van der Waals surface area (Å²) in [7, 11) is -1.97. The fourth-order valence-corrected chi connectivity index (χ4v) is 4.03. The van der Waals surface area contributed by atoms with Gasteiger partial charge < -0.3 is 15.4 Å². The largest absolute Gasteiger partial charge is 0.452 e. The van der Waals surface area contributed by atoms with Gasteiger partial charge in [-0.1, -0.05) is 0 Å². The Hall–Kier alpha value is -2.62. The van der Waals surface area contributed by atoms with Crippen molar-refractivity contribution in [1.29, 1.82) is 0 Å². The third-order valence-corrected chi connectivity index (χ3v) is 5.16. The van der Waals surface area contributed by atoms with Crippen molar-refractivity contribution in [3.05, 3.63) is 29.3 Å². The van der Waals surface area contributed by atoms with Crippen LogP contribution in [0.4, 0.5) is 5.69 Å². The molecule has 0 unspecified atom stereocenters. The lowest BCUT2D eigenvalue weighted by atomic mass is 10.1. The van der Waals surface area contributed by atoms with Gasteiger partial charge in [-0.15, -0.1) is 0 Å². The summed E-state index contributed by atoms with van der Waals surface area (Å²) in [5.74, 6) is -1.67. The van der Waals surface area contributed by atoms with Crippen LogP contribution in [0.25, 0.3) is 0 Å². The summed E-state index contributed by atoms with van der Waals surface area (Å²) in [6, 6.07) is 4.35. The van der Waals surface area contributed by atoms with Crippen LogP contribution in [0.1, 0.15) is 22.8 Å². The quantitative estimate of drug-likeness (QED) is 0.634. The number of ether oxygens (including phenoxy) is 1. The maximum absolute atomic E-state index is 12.1. The lowest BCUT2D eigenvalue weighted by Gasteiger charge is -2.21. The van der Waals surface area contributed by atoms with Crippen LogP contribution in [0, 0.1) is 0 Å². The molecule has 142 valence electrons. The molecule has 1 atom stereocenters. The van der Waals surface area contributed by atoms with Gasteiger partial charge in [-0.05, 0) is 37.1 Å². The lowest BCUT2D eigenvalue weighted by Crippen LogP contribution is -2.37. The maximum Gasteiger partial charge on any atom is 0.338 e. The van der Waals surface area contributed by atoms with E-state index in [1.807, 2.05) is 0 Å². The fourth-order valence-electron chi connectivity index (χ4n) is 2.77. The minimum atomic E-state index is -3.40. The predicted octanol–water partition coefficient (Wildman–Crippen LogP) is -0.584. The van der Waals surface area contributed by atoms with Crippen molar-refractivity contribution in [2.24, 2.45) is 0 Å². The molecule has 0 fully saturated rings. The number of nitrogens with one attached hydrogen (secondary N) is 2. The van der Waals surface area contributed by atoms with Crippen molar-refractivity contribution in [3.8, 4) is 0 Å². The Bertz CT molecular complexity index is 836. The second-order valence-corrected chi connectivity index (χ2v) is 7.84. The summed E-state index contributed by atoms with van der Waals surface area (Å²) in [5.41, 5.74) is 1.49. The van der Waals surface area contributed by atoms with E-state index < -0.39 is 28.5 Å². The molecule has 9 nitrogen and oxygen atoms in total. The Balaban J connectivity index is 2.01. The van der Waals surface area contributed by atoms with Crippen LogP contribution in [0.2, 0.25) is 0 Å². The highest BCUT2D eigenvalue weighted by atomic mass is 32.2. The van der Waals surface area contributed by atoms with Gasteiger partial charge in [-0.25, -0.2) is 13.2 Å². The normalized spacial score (nSPS) is 16.0. The molecule has 2 N–H and O–H groups in total. The third kappa shape index (κ3) is 4.51. The monoisotopic (exact) mass is 383 g/mol. The number of likely N-dealkylation sites (N-methyl/N-ethyl adjacent to an activating group) is 1. The number of hydrogen-bond acceptors (Lipinski definition) is 6. The number of anilines is 1. The van der Waals surface area contributed by atoms with E-state index >= 15 is 0 Å². The van der Waals surface area contributed by atoms with Gasteiger partial charge >= 0.3 is 5.97 Å². The zero-order valence-corrected chi connectivity index (χ0v) is 15.6. The molecular formula is C16H21N3O6S. The van der Waals surface area contributed by atoms with Crippen molar-refractivity contribution >= 4 is 33.5 Å². The van der Waals surface area contributed by atoms with Gasteiger partial charge in [0.2, 0.25) is 15.9 Å². The number of benzene rings is 1. The number of carbonyl (C=O) groups excluding carboxylic acids is 3. The Labute approximate surface area is 151 Å². The van der Waals surface area contributed by atoms with Crippen LogP contribution in [-0.2, 0) is 30.8 Å². The summed E-state index contributed by atoms with van der Waals surface area (Å²) in [6.07, 6.45) is 1.62. The summed E-state index contributed by atoms with van der Waals surface area (Å²) in [6.45, 7) is 1.07. The second kappa shape index (κ2) is 7.73. The highest BCUT2D eigenvalue weighted by Crippen LogP contribution is 2.34. The first kappa shape index (κ1) is 19.7. The van der Waals surface area contributed by atoms with E-state index in [1.54, 1.807) is 19.1 Å². The molecule has 0 bridgehead atoms. The highest BCUT2D eigenvalue weighted by molar-refractivity contribution is 7.92. The molecule has 1 aliphatic heterocycles. The number of fused-ring (bicyclic) bond motifs is 1. The Kier molecular flexibility index (Phi) is 5.86. The number of amides is 2. The molecule has 26 heavy (non-hydrogen) atoms. The standard InChI is InChI=1S/C16H21N3O6S/c1-10-6-12-7-11(4-5-13(12)19(10)26(3,23)24)16(22)25-9-15(21)18-8-14(20)17-2/h4-5,7,10H,6,8-9H2,1-3H3,(H,17,20)(H,18,21)/t10-/m1/s1. The summed E-state index contributed by atoms with van der Waals surface area (Å²) < 4.78 is 30.0. The van der Waals surface area contributed by atoms with Crippen LogP contribution >= 0.6 is 0 Å². The number of hydrogen-bond donors (Lipinski definition) is 2. The summed E-state index contributed by atoms with van der Waals surface area (Å²) >= 11 is 0. The van der Waals surface area contributed by atoms with Crippen LogP contribution in [-0.4, -0.2) is 58.7 Å². The number of rotatable bonds is 6. The minimum absolute atomic E-state index is 0.203. The topological polar surface area (TPSA) is 122 Å². The van der Waals surface area contributed by atoms with Gasteiger partial charge in [0, 0.05) is 13.1 Å². The molecule has 10 heteroatoms.